The minimum absolute atomic E-state index is 0.0614. The highest BCUT2D eigenvalue weighted by Gasteiger charge is 2.19. The second-order valence-electron chi connectivity index (χ2n) is 4.96. The summed E-state index contributed by atoms with van der Waals surface area (Å²) in [6.07, 6.45) is -0.142. The van der Waals surface area contributed by atoms with Crippen LogP contribution in [0.15, 0.2) is 36.4 Å². The molecule has 0 heterocycles. The molecule has 122 valence electrons. The Morgan fingerprint density at radius 2 is 2.00 bits per heavy atom. The molecule has 0 spiro atoms. The van der Waals surface area contributed by atoms with Crippen LogP contribution in [0, 0.1) is 0 Å². The van der Waals surface area contributed by atoms with Gasteiger partial charge in [0.2, 0.25) is 5.91 Å². The van der Waals surface area contributed by atoms with Gasteiger partial charge in [-0.15, -0.1) is 12.6 Å². The number of carbonyl (C=O) groups excluding carboxylic acids is 2. The Morgan fingerprint density at radius 1 is 1.22 bits per heavy atom. The van der Waals surface area contributed by atoms with Crippen LogP contribution in [0.5, 0.6) is 5.75 Å². The second kappa shape index (κ2) is 7.87. The highest BCUT2D eigenvalue weighted by Crippen LogP contribution is 2.24. The second-order valence-corrected chi connectivity index (χ2v) is 5.22. The Balaban J connectivity index is 2.23. The van der Waals surface area contributed by atoms with Crippen molar-refractivity contribution in [1.29, 1.82) is 0 Å². The number of fused-ring (bicyclic) bond motifs is 1. The van der Waals surface area contributed by atoms with Crippen molar-refractivity contribution in [2.75, 3.05) is 19.6 Å². The van der Waals surface area contributed by atoms with Crippen LogP contribution in [0.25, 0.3) is 10.8 Å². The summed E-state index contributed by atoms with van der Waals surface area (Å²) in [5, 5.41) is 2.12. The van der Waals surface area contributed by atoms with E-state index in [0.717, 1.165) is 27.0 Å². The lowest BCUT2D eigenvalue weighted by atomic mass is 10.0. The molecular weight excluding hydrogens is 314 g/mol. The molecule has 0 aliphatic heterocycles. The van der Waals surface area contributed by atoms with Crippen LogP contribution in [0.3, 0.4) is 0 Å². The number of imide groups is 1. The number of methoxy groups -OCH3 is 1. The normalized spacial score (nSPS) is 10.4. The molecule has 6 heteroatoms. The third-order valence-electron chi connectivity index (χ3n) is 3.57. The molecule has 2 amide bonds. The van der Waals surface area contributed by atoms with Gasteiger partial charge in [0.05, 0.1) is 7.11 Å². The minimum Gasteiger partial charge on any atom is -0.497 e. The number of hydrogen-bond donors (Lipinski definition) is 1. The molecule has 0 aliphatic rings. The van der Waals surface area contributed by atoms with Crippen molar-refractivity contribution >= 4 is 35.4 Å². The molecule has 0 N–H and O–H groups in total. The Morgan fingerprint density at radius 3 is 2.65 bits per heavy atom. The summed E-state index contributed by atoms with van der Waals surface area (Å²) in [6.45, 7) is 1.59. The summed E-state index contributed by atoms with van der Waals surface area (Å²) in [6, 6.07) is 11.8. The van der Waals surface area contributed by atoms with Crippen molar-refractivity contribution in [2.45, 2.75) is 13.3 Å². The Labute approximate surface area is 140 Å². The Bertz CT molecular complexity index is 717. The van der Waals surface area contributed by atoms with Crippen molar-refractivity contribution in [3.63, 3.8) is 0 Å². The first-order chi connectivity index (χ1) is 11.1. The molecule has 0 atom stereocenters. The standard InChI is InChI=1S/C17H19NO4S/c1-12(19)18(17(20)22-11-23)9-8-14-5-3-4-13-6-7-15(21-2)10-16(13)14/h3-7,10,23H,8-9,11H2,1-2H3. The molecule has 0 aliphatic carbocycles. The topological polar surface area (TPSA) is 55.8 Å². The molecule has 2 rings (SSSR count). The lowest BCUT2D eigenvalue weighted by molar-refractivity contribution is -0.127. The van der Waals surface area contributed by atoms with E-state index in [-0.39, 0.29) is 18.4 Å². The van der Waals surface area contributed by atoms with Crippen LogP contribution >= 0.6 is 12.6 Å². The molecule has 0 unspecified atom stereocenters. The molecule has 5 nitrogen and oxygen atoms in total. The van der Waals surface area contributed by atoms with Gasteiger partial charge in [-0.25, -0.2) is 9.69 Å². The van der Waals surface area contributed by atoms with E-state index < -0.39 is 6.09 Å². The average molecular weight is 333 g/mol. The summed E-state index contributed by atoms with van der Waals surface area (Å²) in [5.41, 5.74) is 1.03. The van der Waals surface area contributed by atoms with Crippen molar-refractivity contribution in [1.82, 2.24) is 4.90 Å². The maximum absolute atomic E-state index is 11.8. The number of thiol groups is 1. The van der Waals surface area contributed by atoms with Gasteiger partial charge >= 0.3 is 6.09 Å². The van der Waals surface area contributed by atoms with Crippen LogP contribution in [0.1, 0.15) is 12.5 Å². The maximum atomic E-state index is 11.8. The molecule has 0 radical (unpaired) electrons. The number of amides is 2. The van der Waals surface area contributed by atoms with E-state index in [1.807, 2.05) is 36.4 Å². The van der Waals surface area contributed by atoms with Crippen molar-refractivity contribution in [2.24, 2.45) is 0 Å². The third kappa shape index (κ3) is 4.16. The number of carbonyl (C=O) groups is 2. The van der Waals surface area contributed by atoms with Gasteiger partial charge in [-0.05, 0) is 34.9 Å². The highest BCUT2D eigenvalue weighted by molar-refractivity contribution is 7.80. The van der Waals surface area contributed by atoms with E-state index in [1.54, 1.807) is 7.11 Å². The van der Waals surface area contributed by atoms with Gasteiger partial charge in [0, 0.05) is 13.5 Å². The largest absolute Gasteiger partial charge is 0.497 e. The van der Waals surface area contributed by atoms with Crippen molar-refractivity contribution in [3.8, 4) is 5.75 Å². The molecule has 0 saturated carbocycles. The number of benzene rings is 2. The molecule has 0 fully saturated rings. The highest BCUT2D eigenvalue weighted by atomic mass is 32.1. The van der Waals surface area contributed by atoms with E-state index in [0.29, 0.717) is 6.42 Å². The van der Waals surface area contributed by atoms with E-state index >= 15 is 0 Å². The average Bonchev–Trinajstić information content (AvgIpc) is 2.54. The summed E-state index contributed by atoms with van der Waals surface area (Å²) >= 11 is 3.84. The Kier molecular flexibility index (Phi) is 5.87. The van der Waals surface area contributed by atoms with E-state index in [2.05, 4.69) is 12.6 Å². The monoisotopic (exact) mass is 333 g/mol. The molecular formula is C17H19NO4S. The predicted molar refractivity (Wildman–Crippen MR) is 91.9 cm³/mol. The Hall–Kier alpha value is -2.21. The summed E-state index contributed by atoms with van der Waals surface area (Å²) < 4.78 is 10.1. The lowest BCUT2D eigenvalue weighted by Crippen LogP contribution is -2.37. The number of nitrogens with zero attached hydrogens (tertiary/aromatic N) is 1. The molecule has 0 aromatic heterocycles. The number of rotatable bonds is 5. The van der Waals surface area contributed by atoms with Gasteiger partial charge in [-0.2, -0.15) is 0 Å². The van der Waals surface area contributed by atoms with Crippen molar-refractivity contribution < 1.29 is 19.1 Å². The molecule has 0 bridgehead atoms. The van der Waals surface area contributed by atoms with Crippen LogP contribution in [0.2, 0.25) is 0 Å². The summed E-state index contributed by atoms with van der Waals surface area (Å²) in [4.78, 5) is 24.5. The zero-order valence-electron chi connectivity index (χ0n) is 13.1. The van der Waals surface area contributed by atoms with Crippen LogP contribution < -0.4 is 4.74 Å². The summed E-state index contributed by atoms with van der Waals surface area (Å²) in [7, 11) is 1.62. The molecule has 0 saturated heterocycles. The smallest absolute Gasteiger partial charge is 0.417 e. The fraction of sp³-hybridized carbons (Fsp3) is 0.294. The molecule has 2 aromatic carbocycles. The summed E-state index contributed by atoms with van der Waals surface area (Å²) in [5.74, 6) is 0.353. The first-order valence-electron chi connectivity index (χ1n) is 7.18. The fourth-order valence-corrected chi connectivity index (χ4v) is 2.51. The number of hydrogen-bond acceptors (Lipinski definition) is 5. The first-order valence-corrected chi connectivity index (χ1v) is 7.81. The number of ether oxygens (including phenoxy) is 2. The van der Waals surface area contributed by atoms with Crippen LogP contribution in [-0.2, 0) is 16.0 Å². The maximum Gasteiger partial charge on any atom is 0.417 e. The van der Waals surface area contributed by atoms with Gasteiger partial charge in [0.25, 0.3) is 0 Å². The molecule has 2 aromatic rings. The quantitative estimate of drug-likeness (QED) is 0.674. The van der Waals surface area contributed by atoms with Crippen LogP contribution in [0.4, 0.5) is 4.79 Å². The fourth-order valence-electron chi connectivity index (χ4n) is 2.40. The predicted octanol–water partition coefficient (Wildman–Crippen LogP) is 3.26. The zero-order valence-corrected chi connectivity index (χ0v) is 14.0. The van der Waals surface area contributed by atoms with Gasteiger partial charge in [-0.1, -0.05) is 24.3 Å². The van der Waals surface area contributed by atoms with E-state index in [1.165, 1.54) is 6.92 Å². The van der Waals surface area contributed by atoms with Gasteiger partial charge in [-0.3, -0.25) is 4.79 Å². The third-order valence-corrected chi connectivity index (χ3v) is 3.70. The van der Waals surface area contributed by atoms with E-state index in [9.17, 15) is 9.59 Å². The SMILES string of the molecule is COc1ccc2cccc(CCN(C(C)=O)C(=O)OCS)c2c1. The minimum atomic E-state index is -0.676. The molecule has 23 heavy (non-hydrogen) atoms. The van der Waals surface area contributed by atoms with Gasteiger partial charge < -0.3 is 9.47 Å². The zero-order chi connectivity index (χ0) is 16.8. The first kappa shape index (κ1) is 17.1. The van der Waals surface area contributed by atoms with Gasteiger partial charge in [0.15, 0.2) is 0 Å². The van der Waals surface area contributed by atoms with Crippen molar-refractivity contribution in [3.05, 3.63) is 42.0 Å². The lowest BCUT2D eigenvalue weighted by Gasteiger charge is -2.18. The van der Waals surface area contributed by atoms with Crippen LogP contribution in [-0.4, -0.2) is 36.5 Å². The van der Waals surface area contributed by atoms with E-state index in [4.69, 9.17) is 9.47 Å². The van der Waals surface area contributed by atoms with Gasteiger partial charge in [0.1, 0.15) is 11.7 Å².